The van der Waals surface area contributed by atoms with Gasteiger partial charge in [0.25, 0.3) is 5.91 Å². The van der Waals surface area contributed by atoms with Gasteiger partial charge in [-0.25, -0.2) is 0 Å². The number of carboxylic acid groups (broad SMARTS) is 1. The maximum atomic E-state index is 12.1. The van der Waals surface area contributed by atoms with Crippen molar-refractivity contribution in [3.05, 3.63) is 71.3 Å². The number of amides is 1. The summed E-state index contributed by atoms with van der Waals surface area (Å²) in [5, 5.41) is 22.0. The second-order valence-electron chi connectivity index (χ2n) is 7.47. The number of carbonyl (C=O) groups is 2. The highest BCUT2D eigenvalue weighted by molar-refractivity contribution is 5.94. The first kappa shape index (κ1) is 20.1. The van der Waals surface area contributed by atoms with E-state index in [0.29, 0.717) is 24.4 Å². The van der Waals surface area contributed by atoms with Gasteiger partial charge >= 0.3 is 5.97 Å². The molecule has 5 heteroatoms. The van der Waals surface area contributed by atoms with E-state index in [2.05, 4.69) is 17.4 Å². The second kappa shape index (κ2) is 9.51. The van der Waals surface area contributed by atoms with E-state index in [-0.39, 0.29) is 18.2 Å². The summed E-state index contributed by atoms with van der Waals surface area (Å²) >= 11 is 0. The number of nitrogens with one attached hydrogen (secondary N) is 1. The van der Waals surface area contributed by atoms with Gasteiger partial charge in [-0.1, -0.05) is 42.5 Å². The molecule has 5 nitrogen and oxygen atoms in total. The van der Waals surface area contributed by atoms with E-state index in [4.69, 9.17) is 5.11 Å². The van der Waals surface area contributed by atoms with Crippen molar-refractivity contribution in [2.75, 3.05) is 6.54 Å². The first-order valence-corrected chi connectivity index (χ1v) is 9.87. The van der Waals surface area contributed by atoms with Gasteiger partial charge in [-0.05, 0) is 54.9 Å². The summed E-state index contributed by atoms with van der Waals surface area (Å²) in [4.78, 5) is 22.6. The predicted octanol–water partition coefficient (Wildman–Crippen LogP) is 3.69. The minimum absolute atomic E-state index is 0.0444. The highest BCUT2D eigenvalue weighted by atomic mass is 16.4. The standard InChI is InChI=1S/C23H27NO4/c25-21-15-19(16-5-2-1-3-6-16)12-13-20(21)17-8-10-18(11-9-17)23(28)24-14-4-7-22(26)27/h1-3,5-6,8-11,19-21,25H,4,7,12-15H2,(H,24,28)(H,26,27). The number of carboxylic acids is 1. The van der Waals surface area contributed by atoms with Crippen molar-refractivity contribution in [1.29, 1.82) is 0 Å². The van der Waals surface area contributed by atoms with Crippen molar-refractivity contribution in [3.8, 4) is 0 Å². The van der Waals surface area contributed by atoms with Crippen molar-refractivity contribution in [2.24, 2.45) is 0 Å². The lowest BCUT2D eigenvalue weighted by Crippen LogP contribution is -2.27. The van der Waals surface area contributed by atoms with Crippen LogP contribution in [0.25, 0.3) is 0 Å². The van der Waals surface area contributed by atoms with Gasteiger partial charge in [0.1, 0.15) is 0 Å². The molecule has 1 fully saturated rings. The number of rotatable bonds is 7. The molecule has 0 aromatic heterocycles. The van der Waals surface area contributed by atoms with E-state index in [1.165, 1.54) is 5.56 Å². The number of hydrogen-bond acceptors (Lipinski definition) is 3. The molecule has 0 spiro atoms. The zero-order valence-electron chi connectivity index (χ0n) is 15.9. The molecule has 0 aliphatic heterocycles. The molecule has 1 aliphatic rings. The summed E-state index contributed by atoms with van der Waals surface area (Å²) in [6.45, 7) is 0.342. The number of aliphatic hydroxyl groups is 1. The Hall–Kier alpha value is -2.66. The third-order valence-corrected chi connectivity index (χ3v) is 5.54. The van der Waals surface area contributed by atoms with Crippen molar-refractivity contribution >= 4 is 11.9 Å². The summed E-state index contributed by atoms with van der Waals surface area (Å²) in [6.07, 6.45) is 2.77. The lowest BCUT2D eigenvalue weighted by molar-refractivity contribution is -0.137. The Morgan fingerprint density at radius 3 is 2.32 bits per heavy atom. The molecule has 3 atom stereocenters. The Morgan fingerprint density at radius 2 is 1.68 bits per heavy atom. The molecule has 28 heavy (non-hydrogen) atoms. The third kappa shape index (κ3) is 5.20. The van der Waals surface area contributed by atoms with Crippen LogP contribution in [0.5, 0.6) is 0 Å². The van der Waals surface area contributed by atoms with Crippen LogP contribution in [0, 0.1) is 0 Å². The molecule has 0 bridgehead atoms. The minimum atomic E-state index is -0.862. The molecular weight excluding hydrogens is 354 g/mol. The lowest BCUT2D eigenvalue weighted by atomic mass is 9.74. The fraction of sp³-hybridized carbons (Fsp3) is 0.391. The van der Waals surface area contributed by atoms with Gasteiger partial charge in [-0.3, -0.25) is 9.59 Å². The van der Waals surface area contributed by atoms with Crippen molar-refractivity contribution in [2.45, 2.75) is 50.0 Å². The lowest BCUT2D eigenvalue weighted by Gasteiger charge is -2.33. The number of carbonyl (C=O) groups excluding carboxylic acids is 1. The zero-order chi connectivity index (χ0) is 19.9. The average Bonchev–Trinajstić information content (AvgIpc) is 2.71. The summed E-state index contributed by atoms with van der Waals surface area (Å²) in [6, 6.07) is 17.7. The van der Waals surface area contributed by atoms with Gasteiger partial charge in [0.15, 0.2) is 0 Å². The topological polar surface area (TPSA) is 86.6 Å². The highest BCUT2D eigenvalue weighted by Gasteiger charge is 2.30. The van der Waals surface area contributed by atoms with Gasteiger partial charge in [-0.2, -0.15) is 0 Å². The largest absolute Gasteiger partial charge is 0.481 e. The van der Waals surface area contributed by atoms with Crippen LogP contribution < -0.4 is 5.32 Å². The molecule has 0 saturated heterocycles. The fourth-order valence-electron chi connectivity index (χ4n) is 3.99. The van der Waals surface area contributed by atoms with E-state index in [1.54, 1.807) is 12.1 Å². The SMILES string of the molecule is O=C(O)CCCNC(=O)c1ccc(C2CCC(c3ccccc3)CC2O)cc1. The van der Waals surface area contributed by atoms with Crippen LogP contribution in [0.2, 0.25) is 0 Å². The molecule has 1 aliphatic carbocycles. The molecule has 3 N–H and O–H groups in total. The van der Waals surface area contributed by atoms with Crippen molar-refractivity contribution < 1.29 is 19.8 Å². The van der Waals surface area contributed by atoms with Gasteiger partial charge in [0.2, 0.25) is 0 Å². The van der Waals surface area contributed by atoms with Crippen LogP contribution in [-0.4, -0.2) is 34.7 Å². The monoisotopic (exact) mass is 381 g/mol. The maximum absolute atomic E-state index is 12.1. The van der Waals surface area contributed by atoms with E-state index in [9.17, 15) is 14.7 Å². The quantitative estimate of drug-likeness (QED) is 0.639. The minimum Gasteiger partial charge on any atom is -0.481 e. The molecular formula is C23H27NO4. The Balaban J connectivity index is 1.55. The van der Waals surface area contributed by atoms with E-state index in [0.717, 1.165) is 24.8 Å². The normalized spacial score (nSPS) is 21.8. The Morgan fingerprint density at radius 1 is 0.964 bits per heavy atom. The van der Waals surface area contributed by atoms with Crippen LogP contribution in [-0.2, 0) is 4.79 Å². The van der Waals surface area contributed by atoms with Gasteiger partial charge in [0, 0.05) is 24.4 Å². The Bertz CT molecular complexity index is 788. The van der Waals surface area contributed by atoms with Gasteiger partial charge < -0.3 is 15.5 Å². The van der Waals surface area contributed by atoms with Crippen LogP contribution in [0.3, 0.4) is 0 Å². The molecule has 3 rings (SSSR count). The number of aliphatic carboxylic acids is 1. The fourth-order valence-corrected chi connectivity index (χ4v) is 3.99. The molecule has 1 saturated carbocycles. The maximum Gasteiger partial charge on any atom is 0.303 e. The summed E-state index contributed by atoms with van der Waals surface area (Å²) in [5.74, 6) is -0.583. The predicted molar refractivity (Wildman–Crippen MR) is 107 cm³/mol. The smallest absolute Gasteiger partial charge is 0.303 e. The molecule has 3 unspecified atom stereocenters. The number of hydrogen-bond donors (Lipinski definition) is 3. The first-order valence-electron chi connectivity index (χ1n) is 9.87. The molecule has 0 heterocycles. The molecule has 2 aromatic rings. The van der Waals surface area contributed by atoms with Crippen molar-refractivity contribution in [1.82, 2.24) is 5.32 Å². The Kier molecular flexibility index (Phi) is 6.82. The molecule has 148 valence electrons. The van der Waals surface area contributed by atoms with E-state index >= 15 is 0 Å². The molecule has 2 aromatic carbocycles. The van der Waals surface area contributed by atoms with Crippen LogP contribution >= 0.6 is 0 Å². The summed E-state index contributed by atoms with van der Waals surface area (Å²) in [5.41, 5.74) is 2.89. The van der Waals surface area contributed by atoms with Crippen molar-refractivity contribution in [3.63, 3.8) is 0 Å². The first-order chi connectivity index (χ1) is 13.5. The van der Waals surface area contributed by atoms with Gasteiger partial charge in [-0.15, -0.1) is 0 Å². The van der Waals surface area contributed by atoms with Crippen LogP contribution in [0.4, 0.5) is 0 Å². The molecule has 1 amide bonds. The van der Waals surface area contributed by atoms with Crippen LogP contribution in [0.15, 0.2) is 54.6 Å². The van der Waals surface area contributed by atoms with E-state index in [1.807, 2.05) is 30.3 Å². The van der Waals surface area contributed by atoms with Crippen LogP contribution in [0.1, 0.15) is 65.4 Å². The zero-order valence-corrected chi connectivity index (χ0v) is 15.9. The highest BCUT2D eigenvalue weighted by Crippen LogP contribution is 2.40. The summed E-state index contributed by atoms with van der Waals surface area (Å²) < 4.78 is 0. The Labute approximate surface area is 165 Å². The van der Waals surface area contributed by atoms with Gasteiger partial charge in [0.05, 0.1) is 6.10 Å². The third-order valence-electron chi connectivity index (χ3n) is 5.54. The second-order valence-corrected chi connectivity index (χ2v) is 7.47. The number of benzene rings is 2. The average molecular weight is 381 g/mol. The summed E-state index contributed by atoms with van der Waals surface area (Å²) in [7, 11) is 0. The molecule has 0 radical (unpaired) electrons. The number of aliphatic hydroxyl groups excluding tert-OH is 1. The van der Waals surface area contributed by atoms with E-state index < -0.39 is 12.1 Å².